The van der Waals surface area contributed by atoms with Gasteiger partial charge in [0.25, 0.3) is 0 Å². The summed E-state index contributed by atoms with van der Waals surface area (Å²) in [5.74, 6) is 0.979. The molecular formula is C17H14O4. The first-order valence-electron chi connectivity index (χ1n) is 6.69. The molecule has 3 aromatic rings. The van der Waals surface area contributed by atoms with Crippen LogP contribution in [0.1, 0.15) is 17.3 Å². The number of ether oxygens (including phenoxy) is 2. The Labute approximate surface area is 121 Å². The van der Waals surface area contributed by atoms with E-state index in [4.69, 9.17) is 13.9 Å². The van der Waals surface area contributed by atoms with Gasteiger partial charge in [-0.25, -0.2) is 4.79 Å². The van der Waals surface area contributed by atoms with E-state index in [0.717, 1.165) is 5.75 Å². The third kappa shape index (κ3) is 2.74. The highest BCUT2D eigenvalue weighted by Crippen LogP contribution is 2.29. The second-order valence-electron chi connectivity index (χ2n) is 4.44. The smallest absolute Gasteiger partial charge is 0.342 e. The minimum Gasteiger partial charge on any atom is -0.463 e. The van der Waals surface area contributed by atoms with E-state index >= 15 is 0 Å². The summed E-state index contributed by atoms with van der Waals surface area (Å²) in [5, 5.41) is 0.682. The molecule has 0 unspecified atom stereocenters. The number of carbonyl (C=O) groups excluding carboxylic acids is 1. The van der Waals surface area contributed by atoms with Crippen molar-refractivity contribution >= 4 is 16.9 Å². The van der Waals surface area contributed by atoms with E-state index in [2.05, 4.69) is 0 Å². The van der Waals surface area contributed by atoms with Gasteiger partial charge >= 0.3 is 5.97 Å². The van der Waals surface area contributed by atoms with Crippen LogP contribution >= 0.6 is 0 Å². The molecule has 0 bridgehead atoms. The fourth-order valence-corrected chi connectivity index (χ4v) is 2.06. The summed E-state index contributed by atoms with van der Waals surface area (Å²) in [6, 6.07) is 14.8. The standard InChI is InChI=1S/C17H14O4/c1-2-19-17(18)15-11-20-16-9-8-13(10-14(15)16)21-12-6-4-3-5-7-12/h3-11H,2H2,1H3. The lowest BCUT2D eigenvalue weighted by Gasteiger charge is -2.05. The van der Waals surface area contributed by atoms with Gasteiger partial charge in [0.2, 0.25) is 0 Å². The molecule has 1 heterocycles. The van der Waals surface area contributed by atoms with Crippen molar-refractivity contribution in [3.05, 3.63) is 60.4 Å². The van der Waals surface area contributed by atoms with Gasteiger partial charge < -0.3 is 13.9 Å². The van der Waals surface area contributed by atoms with Crippen LogP contribution in [0.3, 0.4) is 0 Å². The number of benzene rings is 2. The molecule has 3 rings (SSSR count). The van der Waals surface area contributed by atoms with Gasteiger partial charge in [0.1, 0.15) is 28.9 Å². The van der Waals surface area contributed by atoms with E-state index < -0.39 is 5.97 Å². The SMILES string of the molecule is CCOC(=O)c1coc2ccc(Oc3ccccc3)cc12. The van der Waals surface area contributed by atoms with Gasteiger partial charge in [-0.2, -0.15) is 0 Å². The molecule has 0 fully saturated rings. The summed E-state index contributed by atoms with van der Waals surface area (Å²) in [7, 11) is 0. The van der Waals surface area contributed by atoms with Crippen LogP contribution < -0.4 is 4.74 Å². The Morgan fingerprint density at radius 1 is 1.10 bits per heavy atom. The van der Waals surface area contributed by atoms with Gasteiger partial charge in [0, 0.05) is 5.39 Å². The first-order chi connectivity index (χ1) is 10.3. The Kier molecular flexibility index (Phi) is 3.60. The first kappa shape index (κ1) is 13.2. The van der Waals surface area contributed by atoms with Gasteiger partial charge in [-0.15, -0.1) is 0 Å². The minimum absolute atomic E-state index is 0.325. The van der Waals surface area contributed by atoms with Crippen molar-refractivity contribution in [2.75, 3.05) is 6.61 Å². The zero-order chi connectivity index (χ0) is 14.7. The van der Waals surface area contributed by atoms with Crippen molar-refractivity contribution in [2.24, 2.45) is 0 Å². The van der Waals surface area contributed by atoms with Crippen LogP contribution in [0.4, 0.5) is 0 Å². The number of hydrogen-bond acceptors (Lipinski definition) is 4. The largest absolute Gasteiger partial charge is 0.463 e. The van der Waals surface area contributed by atoms with E-state index in [-0.39, 0.29) is 0 Å². The molecule has 0 aliphatic rings. The molecule has 21 heavy (non-hydrogen) atoms. The van der Waals surface area contributed by atoms with Crippen molar-refractivity contribution in [2.45, 2.75) is 6.92 Å². The Balaban J connectivity index is 1.95. The van der Waals surface area contributed by atoms with Crippen molar-refractivity contribution in [3.8, 4) is 11.5 Å². The van der Waals surface area contributed by atoms with Crippen LogP contribution in [0.15, 0.2) is 59.2 Å². The Hall–Kier alpha value is -2.75. The predicted molar refractivity (Wildman–Crippen MR) is 78.7 cm³/mol. The Bertz CT molecular complexity index is 759. The molecule has 2 aromatic carbocycles. The molecule has 0 amide bonds. The van der Waals surface area contributed by atoms with E-state index in [1.54, 1.807) is 25.1 Å². The van der Waals surface area contributed by atoms with E-state index in [9.17, 15) is 4.79 Å². The molecule has 0 saturated carbocycles. The molecule has 4 heteroatoms. The van der Waals surface area contributed by atoms with E-state index in [1.807, 2.05) is 30.3 Å². The fourth-order valence-electron chi connectivity index (χ4n) is 2.06. The highest BCUT2D eigenvalue weighted by atomic mass is 16.5. The third-order valence-corrected chi connectivity index (χ3v) is 3.02. The lowest BCUT2D eigenvalue weighted by molar-refractivity contribution is 0.0527. The van der Waals surface area contributed by atoms with Gasteiger partial charge in [0.15, 0.2) is 0 Å². The summed E-state index contributed by atoms with van der Waals surface area (Å²) in [4.78, 5) is 11.9. The zero-order valence-corrected chi connectivity index (χ0v) is 11.5. The number of para-hydroxylation sites is 1. The number of fused-ring (bicyclic) bond motifs is 1. The average Bonchev–Trinajstić information content (AvgIpc) is 2.92. The minimum atomic E-state index is -0.395. The zero-order valence-electron chi connectivity index (χ0n) is 11.5. The summed E-state index contributed by atoms with van der Waals surface area (Å²) in [6.45, 7) is 2.09. The van der Waals surface area contributed by atoms with Crippen molar-refractivity contribution < 1.29 is 18.7 Å². The second kappa shape index (κ2) is 5.71. The topological polar surface area (TPSA) is 48.7 Å². The molecule has 106 valence electrons. The van der Waals surface area contributed by atoms with Gasteiger partial charge in [-0.1, -0.05) is 18.2 Å². The van der Waals surface area contributed by atoms with Crippen LogP contribution in [0.2, 0.25) is 0 Å². The lowest BCUT2D eigenvalue weighted by atomic mass is 10.1. The highest BCUT2D eigenvalue weighted by molar-refractivity contribution is 6.03. The summed E-state index contributed by atoms with van der Waals surface area (Å²) in [6.07, 6.45) is 1.41. The maximum Gasteiger partial charge on any atom is 0.342 e. The van der Waals surface area contributed by atoms with Crippen LogP contribution in [0, 0.1) is 0 Å². The normalized spacial score (nSPS) is 10.5. The van der Waals surface area contributed by atoms with Crippen molar-refractivity contribution in [1.29, 1.82) is 0 Å². The fraction of sp³-hybridized carbons (Fsp3) is 0.118. The van der Waals surface area contributed by atoms with E-state index in [0.29, 0.717) is 28.9 Å². The maximum absolute atomic E-state index is 11.9. The third-order valence-electron chi connectivity index (χ3n) is 3.02. The Morgan fingerprint density at radius 2 is 1.90 bits per heavy atom. The number of furan rings is 1. The first-order valence-corrected chi connectivity index (χ1v) is 6.69. The molecule has 4 nitrogen and oxygen atoms in total. The lowest BCUT2D eigenvalue weighted by Crippen LogP contribution is -2.03. The summed E-state index contributed by atoms with van der Waals surface area (Å²) < 4.78 is 16.1. The average molecular weight is 282 g/mol. The molecule has 0 saturated heterocycles. The number of hydrogen-bond donors (Lipinski definition) is 0. The van der Waals surface area contributed by atoms with Gasteiger partial charge in [-0.05, 0) is 37.3 Å². The number of esters is 1. The van der Waals surface area contributed by atoms with Crippen LogP contribution in [0.25, 0.3) is 11.0 Å². The van der Waals surface area contributed by atoms with Crippen LogP contribution in [-0.4, -0.2) is 12.6 Å². The molecule has 0 atom stereocenters. The molecule has 0 spiro atoms. The molecule has 1 aromatic heterocycles. The van der Waals surface area contributed by atoms with Crippen molar-refractivity contribution in [1.82, 2.24) is 0 Å². The molecule has 0 N–H and O–H groups in total. The quantitative estimate of drug-likeness (QED) is 0.665. The van der Waals surface area contributed by atoms with E-state index in [1.165, 1.54) is 6.26 Å². The van der Waals surface area contributed by atoms with Crippen molar-refractivity contribution in [3.63, 3.8) is 0 Å². The molecular weight excluding hydrogens is 268 g/mol. The number of rotatable bonds is 4. The highest BCUT2D eigenvalue weighted by Gasteiger charge is 2.15. The summed E-state index contributed by atoms with van der Waals surface area (Å²) in [5.41, 5.74) is 1.03. The number of carbonyl (C=O) groups is 1. The van der Waals surface area contributed by atoms with Crippen LogP contribution in [0.5, 0.6) is 11.5 Å². The predicted octanol–water partition coefficient (Wildman–Crippen LogP) is 4.40. The molecule has 0 aliphatic heterocycles. The van der Waals surface area contributed by atoms with Crippen LogP contribution in [-0.2, 0) is 4.74 Å². The second-order valence-corrected chi connectivity index (χ2v) is 4.44. The van der Waals surface area contributed by atoms with Gasteiger partial charge in [0.05, 0.1) is 6.61 Å². The monoisotopic (exact) mass is 282 g/mol. The molecule has 0 radical (unpaired) electrons. The summed E-state index contributed by atoms with van der Waals surface area (Å²) >= 11 is 0. The Morgan fingerprint density at radius 3 is 2.67 bits per heavy atom. The maximum atomic E-state index is 11.9. The van der Waals surface area contributed by atoms with Gasteiger partial charge in [-0.3, -0.25) is 0 Å². The molecule has 0 aliphatic carbocycles.